The highest BCUT2D eigenvalue weighted by Gasteiger charge is 2.18. The summed E-state index contributed by atoms with van der Waals surface area (Å²) in [7, 11) is 0.326. The van der Waals surface area contributed by atoms with Crippen molar-refractivity contribution in [1.82, 2.24) is 14.1 Å². The van der Waals surface area contributed by atoms with Gasteiger partial charge in [0.1, 0.15) is 0 Å². The molecule has 1 heterocycles. The fraction of sp³-hybridized carbons (Fsp3) is 0.727. The topological polar surface area (TPSA) is 55.2 Å². The van der Waals surface area contributed by atoms with E-state index in [1.54, 1.807) is 11.7 Å². The Balaban J connectivity index is 2.72. The summed E-state index contributed by atoms with van der Waals surface area (Å²) in [5, 5.41) is 4.20. The van der Waals surface area contributed by atoms with E-state index in [9.17, 15) is 8.42 Å². The predicted molar refractivity (Wildman–Crippen MR) is 68.1 cm³/mol. The second-order valence-electron chi connectivity index (χ2n) is 4.34. The zero-order valence-corrected chi connectivity index (χ0v) is 11.8. The molecule has 1 aromatic heterocycles. The first kappa shape index (κ1) is 14.2. The summed E-state index contributed by atoms with van der Waals surface area (Å²) in [6, 6.07) is 0. The Bertz CT molecular complexity index is 465. The summed E-state index contributed by atoms with van der Waals surface area (Å²) < 4.78 is 26.9. The van der Waals surface area contributed by atoms with Crippen LogP contribution in [0.1, 0.15) is 31.0 Å². The summed E-state index contributed by atoms with van der Waals surface area (Å²) >= 11 is 0. The maximum Gasteiger partial charge on any atom is 0.214 e. The molecule has 0 unspecified atom stereocenters. The standard InChI is InChI=1S/C11H21N3O2S/c1-5-6-7-17(15,16)14(4)9-11-8-13(3)12-10(11)2/h8H,5-7,9H2,1-4H3. The summed E-state index contributed by atoms with van der Waals surface area (Å²) in [4.78, 5) is 0. The predicted octanol–water partition coefficient (Wildman–Crippen LogP) is 1.29. The van der Waals surface area contributed by atoms with E-state index in [1.165, 1.54) is 4.31 Å². The lowest BCUT2D eigenvalue weighted by atomic mass is 10.3. The van der Waals surface area contributed by atoms with Gasteiger partial charge in [0.2, 0.25) is 10.0 Å². The van der Waals surface area contributed by atoms with Gasteiger partial charge in [-0.1, -0.05) is 13.3 Å². The van der Waals surface area contributed by atoms with Crippen LogP contribution in [0.3, 0.4) is 0 Å². The van der Waals surface area contributed by atoms with Gasteiger partial charge in [0, 0.05) is 32.4 Å². The molecular weight excluding hydrogens is 238 g/mol. The van der Waals surface area contributed by atoms with Gasteiger partial charge in [0.05, 0.1) is 11.4 Å². The molecular formula is C11H21N3O2S. The largest absolute Gasteiger partial charge is 0.275 e. The first-order valence-corrected chi connectivity index (χ1v) is 7.41. The lowest BCUT2D eigenvalue weighted by molar-refractivity contribution is 0.464. The van der Waals surface area contributed by atoms with Gasteiger partial charge in [0.15, 0.2) is 0 Å². The van der Waals surface area contributed by atoms with E-state index in [4.69, 9.17) is 0 Å². The van der Waals surface area contributed by atoms with E-state index < -0.39 is 10.0 Å². The van der Waals surface area contributed by atoms with E-state index in [-0.39, 0.29) is 5.75 Å². The van der Waals surface area contributed by atoms with Crippen LogP contribution in [0.15, 0.2) is 6.20 Å². The van der Waals surface area contributed by atoms with Gasteiger partial charge in [0.25, 0.3) is 0 Å². The zero-order valence-electron chi connectivity index (χ0n) is 11.0. The number of unbranched alkanes of at least 4 members (excludes halogenated alkanes) is 1. The third-order valence-electron chi connectivity index (χ3n) is 2.74. The molecule has 0 radical (unpaired) electrons. The number of hydrogen-bond acceptors (Lipinski definition) is 3. The second-order valence-corrected chi connectivity index (χ2v) is 6.53. The van der Waals surface area contributed by atoms with Gasteiger partial charge in [-0.15, -0.1) is 0 Å². The van der Waals surface area contributed by atoms with Crippen LogP contribution in [0.5, 0.6) is 0 Å². The van der Waals surface area contributed by atoms with Crippen molar-refractivity contribution >= 4 is 10.0 Å². The fourth-order valence-corrected chi connectivity index (χ4v) is 2.93. The highest BCUT2D eigenvalue weighted by Crippen LogP contribution is 2.11. The van der Waals surface area contributed by atoms with Crippen molar-refractivity contribution in [3.05, 3.63) is 17.5 Å². The summed E-state index contributed by atoms with van der Waals surface area (Å²) in [6.45, 7) is 4.27. The highest BCUT2D eigenvalue weighted by atomic mass is 32.2. The quantitative estimate of drug-likeness (QED) is 0.773. The molecule has 0 spiro atoms. The Labute approximate surface area is 103 Å². The number of sulfonamides is 1. The monoisotopic (exact) mass is 259 g/mol. The van der Waals surface area contributed by atoms with Crippen LogP contribution < -0.4 is 0 Å². The molecule has 0 aliphatic heterocycles. The molecule has 0 aliphatic rings. The number of rotatable bonds is 6. The normalized spacial score (nSPS) is 12.3. The Hall–Kier alpha value is -0.880. The second kappa shape index (κ2) is 5.64. The summed E-state index contributed by atoms with van der Waals surface area (Å²) in [6.07, 6.45) is 3.46. The molecule has 0 amide bonds. The van der Waals surface area contributed by atoms with Crippen LogP contribution in [0.25, 0.3) is 0 Å². The molecule has 0 bridgehead atoms. The third kappa shape index (κ3) is 3.81. The molecule has 0 fully saturated rings. The van der Waals surface area contributed by atoms with Gasteiger partial charge in [-0.3, -0.25) is 4.68 Å². The van der Waals surface area contributed by atoms with Crippen LogP contribution in [-0.2, 0) is 23.6 Å². The first-order valence-electron chi connectivity index (χ1n) is 5.80. The van der Waals surface area contributed by atoms with Gasteiger partial charge in [-0.05, 0) is 13.3 Å². The molecule has 1 rings (SSSR count). The lowest BCUT2D eigenvalue weighted by Gasteiger charge is -2.16. The molecule has 0 saturated carbocycles. The average molecular weight is 259 g/mol. The minimum absolute atomic E-state index is 0.222. The molecule has 6 heteroatoms. The molecule has 0 aliphatic carbocycles. The highest BCUT2D eigenvalue weighted by molar-refractivity contribution is 7.89. The van der Waals surface area contributed by atoms with Crippen LogP contribution in [0.4, 0.5) is 0 Å². The van der Waals surface area contributed by atoms with Crippen molar-refractivity contribution in [1.29, 1.82) is 0 Å². The van der Waals surface area contributed by atoms with Crippen LogP contribution >= 0.6 is 0 Å². The SMILES string of the molecule is CCCCS(=O)(=O)N(C)Cc1cn(C)nc1C. The van der Waals surface area contributed by atoms with Gasteiger partial charge in [-0.25, -0.2) is 12.7 Å². The number of aryl methyl sites for hydroxylation is 2. The lowest BCUT2D eigenvalue weighted by Crippen LogP contribution is -2.28. The minimum Gasteiger partial charge on any atom is -0.275 e. The van der Waals surface area contributed by atoms with Gasteiger partial charge >= 0.3 is 0 Å². The maximum absolute atomic E-state index is 11.9. The first-order chi connectivity index (χ1) is 7.86. The molecule has 0 N–H and O–H groups in total. The molecule has 0 atom stereocenters. The van der Waals surface area contributed by atoms with Crippen LogP contribution in [0.2, 0.25) is 0 Å². The van der Waals surface area contributed by atoms with Crippen LogP contribution in [0, 0.1) is 6.92 Å². The van der Waals surface area contributed by atoms with Gasteiger partial charge in [-0.2, -0.15) is 5.10 Å². The minimum atomic E-state index is -3.13. The van der Waals surface area contributed by atoms with E-state index in [2.05, 4.69) is 5.10 Å². The van der Waals surface area contributed by atoms with E-state index >= 15 is 0 Å². The summed E-state index contributed by atoms with van der Waals surface area (Å²) in [5.74, 6) is 0.222. The Kier molecular flexibility index (Phi) is 4.70. The smallest absolute Gasteiger partial charge is 0.214 e. The van der Waals surface area contributed by atoms with Crippen molar-refractivity contribution in [2.75, 3.05) is 12.8 Å². The average Bonchev–Trinajstić information content (AvgIpc) is 2.54. The molecule has 98 valence electrons. The van der Waals surface area contributed by atoms with Crippen LogP contribution in [-0.4, -0.2) is 35.3 Å². The van der Waals surface area contributed by atoms with E-state index in [1.807, 2.05) is 27.1 Å². The number of aromatic nitrogens is 2. The maximum atomic E-state index is 11.9. The number of nitrogens with zero attached hydrogens (tertiary/aromatic N) is 3. The molecule has 0 saturated heterocycles. The fourth-order valence-electron chi connectivity index (χ4n) is 1.62. The van der Waals surface area contributed by atoms with Crippen molar-refractivity contribution in [2.24, 2.45) is 7.05 Å². The molecule has 5 nitrogen and oxygen atoms in total. The van der Waals surface area contributed by atoms with Crippen molar-refractivity contribution < 1.29 is 8.42 Å². The van der Waals surface area contributed by atoms with Crippen molar-refractivity contribution in [2.45, 2.75) is 33.2 Å². The molecule has 0 aromatic carbocycles. The summed E-state index contributed by atoms with van der Waals surface area (Å²) in [5.41, 5.74) is 1.83. The Morgan fingerprint density at radius 2 is 2.12 bits per heavy atom. The van der Waals surface area contributed by atoms with Gasteiger partial charge < -0.3 is 0 Å². The van der Waals surface area contributed by atoms with Crippen molar-refractivity contribution in [3.63, 3.8) is 0 Å². The third-order valence-corrected chi connectivity index (χ3v) is 4.62. The zero-order chi connectivity index (χ0) is 13.1. The Morgan fingerprint density at radius 3 is 2.59 bits per heavy atom. The van der Waals surface area contributed by atoms with E-state index in [0.29, 0.717) is 13.0 Å². The Morgan fingerprint density at radius 1 is 1.47 bits per heavy atom. The number of hydrogen-bond donors (Lipinski definition) is 0. The van der Waals surface area contributed by atoms with Crippen molar-refractivity contribution in [3.8, 4) is 0 Å². The molecule has 1 aromatic rings. The molecule has 17 heavy (non-hydrogen) atoms. The van der Waals surface area contributed by atoms with E-state index in [0.717, 1.165) is 17.7 Å².